The van der Waals surface area contributed by atoms with E-state index in [0.29, 0.717) is 11.8 Å². The Kier molecular flexibility index (Phi) is 3.85. The van der Waals surface area contributed by atoms with Crippen molar-refractivity contribution in [3.05, 3.63) is 17.6 Å². The molecule has 0 atom stereocenters. The molecule has 1 aliphatic carbocycles. The maximum atomic E-state index is 9.32. The molecule has 1 N–H and O–H groups in total. The van der Waals surface area contributed by atoms with Crippen molar-refractivity contribution >= 4 is 5.82 Å². The molecule has 1 aromatic rings. The number of rotatable bonds is 4. The summed E-state index contributed by atoms with van der Waals surface area (Å²) in [4.78, 5) is 11.3. The zero-order chi connectivity index (χ0) is 13.3. The quantitative estimate of drug-likeness (QED) is 0.888. The second-order valence-corrected chi connectivity index (χ2v) is 5.75. The van der Waals surface area contributed by atoms with E-state index in [1.165, 1.54) is 0 Å². The zero-order valence-corrected chi connectivity index (χ0v) is 11.7. The highest BCUT2D eigenvalue weighted by molar-refractivity contribution is 5.39. The molecular formula is C14H23N3O. The van der Waals surface area contributed by atoms with Gasteiger partial charge in [0.1, 0.15) is 11.6 Å². The number of aromatic nitrogens is 2. The average Bonchev–Trinajstić information content (AvgIpc) is 2.26. The van der Waals surface area contributed by atoms with Crippen LogP contribution in [-0.2, 0) is 0 Å². The summed E-state index contributed by atoms with van der Waals surface area (Å²) in [5.41, 5.74) is 1.02. The predicted octanol–water partition coefficient (Wildman–Crippen LogP) is 2.12. The van der Waals surface area contributed by atoms with E-state index < -0.39 is 0 Å². The van der Waals surface area contributed by atoms with Crippen molar-refractivity contribution < 1.29 is 5.11 Å². The maximum Gasteiger partial charge on any atom is 0.133 e. The molecule has 0 aromatic carbocycles. The van der Waals surface area contributed by atoms with E-state index in [9.17, 15) is 5.11 Å². The fraction of sp³-hybridized carbons (Fsp3) is 0.714. The molecule has 0 radical (unpaired) electrons. The number of hydrogen-bond donors (Lipinski definition) is 1. The Morgan fingerprint density at radius 1 is 1.39 bits per heavy atom. The van der Waals surface area contributed by atoms with E-state index in [4.69, 9.17) is 0 Å². The summed E-state index contributed by atoms with van der Waals surface area (Å²) in [5.74, 6) is 2.85. The SMILES string of the molecule is Cc1cc(N(C)CC2CC(O)C2)nc(C(C)C)n1. The monoisotopic (exact) mass is 249 g/mol. The molecule has 0 unspecified atom stereocenters. The molecule has 4 heteroatoms. The number of nitrogens with zero attached hydrogens (tertiary/aromatic N) is 3. The molecule has 1 aliphatic rings. The second kappa shape index (κ2) is 5.22. The Labute approximate surface area is 109 Å². The van der Waals surface area contributed by atoms with E-state index in [1.54, 1.807) is 0 Å². The van der Waals surface area contributed by atoms with Crippen LogP contribution in [0.1, 0.15) is 44.1 Å². The van der Waals surface area contributed by atoms with Gasteiger partial charge in [-0.15, -0.1) is 0 Å². The summed E-state index contributed by atoms with van der Waals surface area (Å²) < 4.78 is 0. The first-order chi connectivity index (χ1) is 8.45. The van der Waals surface area contributed by atoms with Crippen LogP contribution in [0.15, 0.2) is 6.07 Å². The third-order valence-electron chi connectivity index (χ3n) is 3.51. The average molecular weight is 249 g/mol. The first kappa shape index (κ1) is 13.3. The fourth-order valence-corrected chi connectivity index (χ4v) is 2.36. The lowest BCUT2D eigenvalue weighted by Crippen LogP contribution is -2.37. The highest BCUT2D eigenvalue weighted by atomic mass is 16.3. The lowest BCUT2D eigenvalue weighted by Gasteiger charge is -2.35. The molecule has 1 saturated carbocycles. The molecule has 100 valence electrons. The van der Waals surface area contributed by atoms with Gasteiger partial charge in [0.05, 0.1) is 6.10 Å². The van der Waals surface area contributed by atoms with Crippen LogP contribution in [0.4, 0.5) is 5.82 Å². The van der Waals surface area contributed by atoms with Gasteiger partial charge in [-0.05, 0) is 25.7 Å². The lowest BCUT2D eigenvalue weighted by molar-refractivity contribution is 0.0464. The van der Waals surface area contributed by atoms with Crippen molar-refractivity contribution in [1.82, 2.24) is 9.97 Å². The van der Waals surface area contributed by atoms with Crippen LogP contribution in [0.5, 0.6) is 0 Å². The molecule has 2 rings (SSSR count). The van der Waals surface area contributed by atoms with Crippen molar-refractivity contribution in [3.8, 4) is 0 Å². The molecule has 1 fully saturated rings. The molecule has 0 bridgehead atoms. The van der Waals surface area contributed by atoms with Crippen LogP contribution in [0, 0.1) is 12.8 Å². The third-order valence-corrected chi connectivity index (χ3v) is 3.51. The molecule has 1 heterocycles. The minimum atomic E-state index is -0.0817. The minimum absolute atomic E-state index is 0.0817. The van der Waals surface area contributed by atoms with Crippen molar-refractivity contribution in [3.63, 3.8) is 0 Å². The summed E-state index contributed by atoms with van der Waals surface area (Å²) in [6.45, 7) is 7.20. The predicted molar refractivity (Wildman–Crippen MR) is 72.9 cm³/mol. The van der Waals surface area contributed by atoms with Gasteiger partial charge < -0.3 is 10.0 Å². The van der Waals surface area contributed by atoms with E-state index in [1.807, 2.05) is 13.0 Å². The van der Waals surface area contributed by atoms with E-state index >= 15 is 0 Å². The topological polar surface area (TPSA) is 49.2 Å². The Hall–Kier alpha value is -1.16. The Morgan fingerprint density at radius 3 is 2.61 bits per heavy atom. The normalized spacial score (nSPS) is 23.0. The number of aliphatic hydroxyl groups is 1. The van der Waals surface area contributed by atoms with Crippen LogP contribution in [0.3, 0.4) is 0 Å². The van der Waals surface area contributed by atoms with Gasteiger partial charge >= 0.3 is 0 Å². The standard InChI is InChI=1S/C14H23N3O/c1-9(2)14-15-10(3)5-13(16-14)17(4)8-11-6-12(18)7-11/h5,9,11-12,18H,6-8H2,1-4H3. The van der Waals surface area contributed by atoms with Gasteiger partial charge in [-0.25, -0.2) is 9.97 Å². The van der Waals surface area contributed by atoms with Crippen LogP contribution in [-0.4, -0.2) is 34.8 Å². The zero-order valence-electron chi connectivity index (χ0n) is 11.7. The number of anilines is 1. The third kappa shape index (κ3) is 2.99. The molecule has 0 saturated heterocycles. The fourth-order valence-electron chi connectivity index (χ4n) is 2.36. The highest BCUT2D eigenvalue weighted by Gasteiger charge is 2.28. The van der Waals surface area contributed by atoms with Gasteiger partial charge in [0.15, 0.2) is 0 Å². The van der Waals surface area contributed by atoms with Crippen LogP contribution in [0.2, 0.25) is 0 Å². The van der Waals surface area contributed by atoms with Crippen molar-refractivity contribution in [2.24, 2.45) is 5.92 Å². The van der Waals surface area contributed by atoms with E-state index in [0.717, 1.165) is 36.7 Å². The number of aryl methyl sites for hydroxylation is 1. The Morgan fingerprint density at radius 2 is 2.06 bits per heavy atom. The van der Waals surface area contributed by atoms with Crippen LogP contribution < -0.4 is 4.90 Å². The molecule has 0 aliphatic heterocycles. The second-order valence-electron chi connectivity index (χ2n) is 5.75. The summed E-state index contributed by atoms with van der Waals surface area (Å²) in [6, 6.07) is 2.03. The molecule has 0 amide bonds. The van der Waals surface area contributed by atoms with Gasteiger partial charge in [-0.1, -0.05) is 13.8 Å². The van der Waals surface area contributed by atoms with Gasteiger partial charge in [-0.2, -0.15) is 0 Å². The number of hydrogen-bond acceptors (Lipinski definition) is 4. The van der Waals surface area contributed by atoms with Crippen molar-refractivity contribution in [2.45, 2.75) is 45.6 Å². The molecule has 0 spiro atoms. The summed E-state index contributed by atoms with van der Waals surface area (Å²) >= 11 is 0. The lowest BCUT2D eigenvalue weighted by atomic mass is 9.82. The van der Waals surface area contributed by atoms with Crippen molar-refractivity contribution in [1.29, 1.82) is 0 Å². The van der Waals surface area contributed by atoms with E-state index in [2.05, 4.69) is 35.8 Å². The minimum Gasteiger partial charge on any atom is -0.393 e. The summed E-state index contributed by atoms with van der Waals surface area (Å²) in [5, 5.41) is 9.32. The Balaban J connectivity index is 2.07. The summed E-state index contributed by atoms with van der Waals surface area (Å²) in [6.07, 6.45) is 1.76. The first-order valence-electron chi connectivity index (χ1n) is 6.70. The maximum absolute atomic E-state index is 9.32. The molecule has 4 nitrogen and oxygen atoms in total. The van der Waals surface area contributed by atoms with Gasteiger partial charge in [0.25, 0.3) is 0 Å². The van der Waals surface area contributed by atoms with Gasteiger partial charge in [0.2, 0.25) is 0 Å². The highest BCUT2D eigenvalue weighted by Crippen LogP contribution is 2.29. The summed E-state index contributed by atoms with van der Waals surface area (Å²) in [7, 11) is 2.07. The molecular weight excluding hydrogens is 226 g/mol. The van der Waals surface area contributed by atoms with Crippen molar-refractivity contribution in [2.75, 3.05) is 18.5 Å². The Bertz CT molecular complexity index is 414. The molecule has 1 aromatic heterocycles. The van der Waals surface area contributed by atoms with Crippen LogP contribution in [0.25, 0.3) is 0 Å². The van der Waals surface area contributed by atoms with Gasteiger partial charge in [0, 0.05) is 31.3 Å². The molecule has 18 heavy (non-hydrogen) atoms. The van der Waals surface area contributed by atoms with Crippen LogP contribution >= 0.6 is 0 Å². The van der Waals surface area contributed by atoms with E-state index in [-0.39, 0.29) is 6.10 Å². The first-order valence-corrected chi connectivity index (χ1v) is 6.70. The smallest absolute Gasteiger partial charge is 0.133 e. The largest absolute Gasteiger partial charge is 0.393 e. The number of aliphatic hydroxyl groups excluding tert-OH is 1. The van der Waals surface area contributed by atoms with Gasteiger partial charge in [-0.3, -0.25) is 0 Å².